The molecule has 3 rings (SSSR count). The van der Waals surface area contributed by atoms with E-state index in [1.165, 1.54) is 0 Å². The Labute approximate surface area is 135 Å². The number of hydrogen-bond donors (Lipinski definition) is 1. The third-order valence-electron chi connectivity index (χ3n) is 3.73. The average molecular weight is 307 g/mol. The van der Waals surface area contributed by atoms with E-state index in [0.29, 0.717) is 17.1 Å². The molecule has 0 bridgehead atoms. The highest BCUT2D eigenvalue weighted by atomic mass is 16.5. The van der Waals surface area contributed by atoms with Crippen LogP contribution >= 0.6 is 0 Å². The number of ether oxygens (including phenoxy) is 1. The summed E-state index contributed by atoms with van der Waals surface area (Å²) in [6.45, 7) is 1.63. The van der Waals surface area contributed by atoms with Crippen molar-refractivity contribution in [1.29, 1.82) is 5.26 Å². The average Bonchev–Trinajstić information content (AvgIpc) is 3.12. The number of carbonyl (C=O) groups excluding carboxylic acids is 1. The number of amides is 2. The molecule has 1 heterocycles. The van der Waals surface area contributed by atoms with Gasteiger partial charge in [0.2, 0.25) is 0 Å². The van der Waals surface area contributed by atoms with Gasteiger partial charge in [-0.1, -0.05) is 12.1 Å². The minimum absolute atomic E-state index is 0.0639. The van der Waals surface area contributed by atoms with Crippen LogP contribution in [-0.4, -0.2) is 24.0 Å². The van der Waals surface area contributed by atoms with E-state index in [2.05, 4.69) is 11.4 Å². The monoisotopic (exact) mass is 307 g/mol. The number of anilines is 1. The Balaban J connectivity index is 1.65. The van der Waals surface area contributed by atoms with Gasteiger partial charge in [-0.25, -0.2) is 4.79 Å². The fraction of sp³-hybridized carbons (Fsp3) is 0.222. The van der Waals surface area contributed by atoms with Crippen molar-refractivity contribution in [2.75, 3.05) is 18.4 Å². The summed E-state index contributed by atoms with van der Waals surface area (Å²) in [6.07, 6.45) is 2.14. The van der Waals surface area contributed by atoms with Gasteiger partial charge in [0.25, 0.3) is 0 Å². The zero-order chi connectivity index (χ0) is 16.1. The lowest BCUT2D eigenvalue weighted by Crippen LogP contribution is -2.32. The molecule has 1 saturated heterocycles. The third kappa shape index (κ3) is 3.61. The van der Waals surface area contributed by atoms with Crippen LogP contribution in [0.2, 0.25) is 0 Å². The van der Waals surface area contributed by atoms with Crippen molar-refractivity contribution in [3.05, 3.63) is 54.1 Å². The summed E-state index contributed by atoms with van der Waals surface area (Å²) in [5, 5.41) is 11.9. The van der Waals surface area contributed by atoms with Gasteiger partial charge in [-0.15, -0.1) is 0 Å². The van der Waals surface area contributed by atoms with E-state index >= 15 is 0 Å². The maximum absolute atomic E-state index is 12.0. The smallest absolute Gasteiger partial charge is 0.321 e. The number of benzene rings is 2. The largest absolute Gasteiger partial charge is 0.456 e. The van der Waals surface area contributed by atoms with Crippen molar-refractivity contribution >= 4 is 11.7 Å². The Kier molecular flexibility index (Phi) is 4.44. The molecule has 2 amide bonds. The highest BCUT2D eigenvalue weighted by Crippen LogP contribution is 2.26. The van der Waals surface area contributed by atoms with E-state index in [-0.39, 0.29) is 6.03 Å². The number of nitriles is 1. The number of carbonyl (C=O) groups is 1. The van der Waals surface area contributed by atoms with Crippen molar-refractivity contribution in [1.82, 2.24) is 4.90 Å². The number of nitrogens with one attached hydrogen (secondary N) is 1. The Morgan fingerprint density at radius 2 is 1.78 bits per heavy atom. The first-order valence-electron chi connectivity index (χ1n) is 7.59. The highest BCUT2D eigenvalue weighted by Gasteiger charge is 2.17. The number of urea groups is 1. The molecule has 1 aliphatic heterocycles. The second-order valence-electron chi connectivity index (χ2n) is 5.36. The van der Waals surface area contributed by atoms with Crippen LogP contribution in [0.15, 0.2) is 48.5 Å². The second kappa shape index (κ2) is 6.84. The van der Waals surface area contributed by atoms with Gasteiger partial charge in [0.15, 0.2) is 0 Å². The van der Waals surface area contributed by atoms with Crippen LogP contribution in [-0.2, 0) is 0 Å². The normalized spacial score (nSPS) is 13.4. The third-order valence-corrected chi connectivity index (χ3v) is 3.73. The summed E-state index contributed by atoms with van der Waals surface area (Å²) >= 11 is 0. The van der Waals surface area contributed by atoms with Crippen molar-refractivity contribution in [2.45, 2.75) is 12.8 Å². The lowest BCUT2D eigenvalue weighted by atomic mass is 10.2. The SMILES string of the molecule is N#Cc1ccccc1Oc1ccc(NC(=O)N2CCCC2)cc1. The van der Waals surface area contributed by atoms with Gasteiger partial charge in [0, 0.05) is 18.8 Å². The van der Waals surface area contributed by atoms with Gasteiger partial charge in [0.05, 0.1) is 5.56 Å². The minimum Gasteiger partial charge on any atom is -0.456 e. The Bertz CT molecular complexity index is 729. The maximum Gasteiger partial charge on any atom is 0.321 e. The summed E-state index contributed by atoms with van der Waals surface area (Å²) in [5.74, 6) is 1.13. The molecule has 2 aromatic carbocycles. The maximum atomic E-state index is 12.0. The standard InChI is InChI=1S/C18H17N3O2/c19-13-14-5-1-2-6-17(14)23-16-9-7-15(8-10-16)20-18(22)21-11-3-4-12-21/h1-2,5-10H,3-4,11-12H2,(H,20,22). The van der Waals surface area contributed by atoms with Crippen molar-refractivity contribution in [3.63, 3.8) is 0 Å². The van der Waals surface area contributed by atoms with Crippen molar-refractivity contribution < 1.29 is 9.53 Å². The van der Waals surface area contributed by atoms with Gasteiger partial charge in [0.1, 0.15) is 17.6 Å². The quantitative estimate of drug-likeness (QED) is 0.932. The summed E-state index contributed by atoms with van der Waals surface area (Å²) in [6, 6.07) is 16.2. The molecule has 0 saturated carbocycles. The Hall–Kier alpha value is -3.00. The molecule has 1 fully saturated rings. The first-order chi connectivity index (χ1) is 11.3. The van der Waals surface area contributed by atoms with E-state index in [1.807, 2.05) is 11.0 Å². The number of hydrogen-bond acceptors (Lipinski definition) is 3. The van der Waals surface area contributed by atoms with Gasteiger partial charge >= 0.3 is 6.03 Å². The van der Waals surface area contributed by atoms with Gasteiger partial charge in [-0.2, -0.15) is 5.26 Å². The molecule has 0 aliphatic carbocycles. The van der Waals surface area contributed by atoms with Crippen LogP contribution in [0.1, 0.15) is 18.4 Å². The number of para-hydroxylation sites is 1. The molecule has 1 aliphatic rings. The molecule has 0 radical (unpaired) electrons. The molecule has 0 spiro atoms. The van der Waals surface area contributed by atoms with Gasteiger partial charge < -0.3 is 15.0 Å². The first-order valence-corrected chi connectivity index (χ1v) is 7.59. The van der Waals surface area contributed by atoms with Crippen molar-refractivity contribution in [2.24, 2.45) is 0 Å². The van der Waals surface area contributed by atoms with E-state index in [4.69, 9.17) is 10.00 Å². The van der Waals surface area contributed by atoms with Crippen LogP contribution in [0.5, 0.6) is 11.5 Å². The number of rotatable bonds is 3. The molecule has 116 valence electrons. The molecule has 5 heteroatoms. The van der Waals surface area contributed by atoms with Crippen molar-refractivity contribution in [3.8, 4) is 17.6 Å². The zero-order valence-electron chi connectivity index (χ0n) is 12.7. The summed E-state index contributed by atoms with van der Waals surface area (Å²) in [7, 11) is 0. The highest BCUT2D eigenvalue weighted by molar-refractivity contribution is 5.89. The van der Waals surface area contributed by atoms with E-state index in [0.717, 1.165) is 31.6 Å². The van der Waals surface area contributed by atoms with Crippen LogP contribution in [0.4, 0.5) is 10.5 Å². The molecular weight excluding hydrogens is 290 g/mol. The fourth-order valence-corrected chi connectivity index (χ4v) is 2.50. The minimum atomic E-state index is -0.0639. The molecule has 2 aromatic rings. The zero-order valence-corrected chi connectivity index (χ0v) is 12.7. The summed E-state index contributed by atoms with van der Waals surface area (Å²) in [4.78, 5) is 13.8. The second-order valence-corrected chi connectivity index (χ2v) is 5.36. The Morgan fingerprint density at radius 1 is 1.09 bits per heavy atom. The molecule has 23 heavy (non-hydrogen) atoms. The van der Waals surface area contributed by atoms with Gasteiger partial charge in [-0.3, -0.25) is 0 Å². The lowest BCUT2D eigenvalue weighted by Gasteiger charge is -2.16. The molecular formula is C18H17N3O2. The predicted octanol–water partition coefficient (Wildman–Crippen LogP) is 3.98. The van der Waals surface area contributed by atoms with Crippen LogP contribution in [0.3, 0.4) is 0 Å². The van der Waals surface area contributed by atoms with E-state index < -0.39 is 0 Å². The summed E-state index contributed by atoms with van der Waals surface area (Å²) < 4.78 is 5.71. The number of likely N-dealkylation sites (tertiary alicyclic amines) is 1. The molecule has 0 aromatic heterocycles. The van der Waals surface area contributed by atoms with Gasteiger partial charge in [-0.05, 0) is 49.2 Å². The molecule has 0 atom stereocenters. The van der Waals surface area contributed by atoms with Crippen LogP contribution < -0.4 is 10.1 Å². The predicted molar refractivity (Wildman–Crippen MR) is 87.5 cm³/mol. The van der Waals surface area contributed by atoms with Crippen LogP contribution in [0, 0.1) is 11.3 Å². The number of nitrogens with zero attached hydrogens (tertiary/aromatic N) is 2. The van der Waals surface area contributed by atoms with E-state index in [9.17, 15) is 4.79 Å². The van der Waals surface area contributed by atoms with Crippen LogP contribution in [0.25, 0.3) is 0 Å². The topological polar surface area (TPSA) is 65.4 Å². The summed E-state index contributed by atoms with van der Waals surface area (Å²) in [5.41, 5.74) is 1.21. The Morgan fingerprint density at radius 3 is 2.48 bits per heavy atom. The molecule has 1 N–H and O–H groups in total. The fourth-order valence-electron chi connectivity index (χ4n) is 2.50. The molecule has 5 nitrogen and oxygen atoms in total. The lowest BCUT2D eigenvalue weighted by molar-refractivity contribution is 0.222. The molecule has 0 unspecified atom stereocenters. The van der Waals surface area contributed by atoms with E-state index in [1.54, 1.807) is 42.5 Å². The first kappa shape index (κ1) is 14.9.